The van der Waals surface area contributed by atoms with Gasteiger partial charge in [-0.3, -0.25) is 0 Å². The first-order chi connectivity index (χ1) is 9.26. The van der Waals surface area contributed by atoms with Gasteiger partial charge in [-0.25, -0.2) is 0 Å². The number of rotatable bonds is 6. The third-order valence-corrected chi connectivity index (χ3v) is 2.60. The van der Waals surface area contributed by atoms with E-state index in [2.05, 4.69) is 10.3 Å². The number of nitrogens with zero attached hydrogens (tertiary/aromatic N) is 1. The van der Waals surface area contributed by atoms with Crippen molar-refractivity contribution in [1.29, 1.82) is 0 Å². The second kappa shape index (κ2) is 6.10. The summed E-state index contributed by atoms with van der Waals surface area (Å²) >= 11 is 0. The number of oxazole rings is 1. The number of benzene rings is 1. The number of ether oxygens (including phenoxy) is 2. The highest BCUT2D eigenvalue weighted by molar-refractivity contribution is 5.64. The summed E-state index contributed by atoms with van der Waals surface area (Å²) < 4.78 is 15.8. The van der Waals surface area contributed by atoms with E-state index < -0.39 is 0 Å². The van der Waals surface area contributed by atoms with E-state index in [-0.39, 0.29) is 0 Å². The van der Waals surface area contributed by atoms with Gasteiger partial charge in [0, 0.05) is 12.5 Å². The zero-order valence-electron chi connectivity index (χ0n) is 11.0. The van der Waals surface area contributed by atoms with Gasteiger partial charge < -0.3 is 24.9 Å². The van der Waals surface area contributed by atoms with E-state index in [1.165, 1.54) is 0 Å². The fraction of sp³-hybridized carbons (Fsp3) is 0.308. The zero-order chi connectivity index (χ0) is 13.7. The molecule has 2 rings (SSSR count). The van der Waals surface area contributed by atoms with Gasteiger partial charge in [0.15, 0.2) is 0 Å². The molecular formula is C13H17N3O3. The molecule has 1 aromatic heterocycles. The van der Waals surface area contributed by atoms with Gasteiger partial charge in [-0.1, -0.05) is 0 Å². The predicted octanol–water partition coefficient (Wildman–Crippen LogP) is 1.94. The Morgan fingerprint density at radius 3 is 2.84 bits per heavy atom. The second-order valence-electron chi connectivity index (χ2n) is 3.87. The summed E-state index contributed by atoms with van der Waals surface area (Å²) in [4.78, 5) is 4.27. The molecule has 0 aliphatic rings. The predicted molar refractivity (Wildman–Crippen MR) is 72.1 cm³/mol. The fourth-order valence-electron chi connectivity index (χ4n) is 1.65. The van der Waals surface area contributed by atoms with Crippen LogP contribution in [0.3, 0.4) is 0 Å². The van der Waals surface area contributed by atoms with E-state index in [4.69, 9.17) is 19.6 Å². The molecule has 0 unspecified atom stereocenters. The molecule has 0 bridgehead atoms. The highest BCUT2D eigenvalue weighted by atomic mass is 16.5. The summed E-state index contributed by atoms with van der Waals surface area (Å²) in [7, 11) is 3.21. The molecular weight excluding hydrogens is 246 g/mol. The maximum Gasteiger partial charge on any atom is 0.299 e. The summed E-state index contributed by atoms with van der Waals surface area (Å²) in [6.45, 7) is 0.536. The van der Waals surface area contributed by atoms with E-state index in [1.807, 2.05) is 18.2 Å². The molecule has 0 atom stereocenters. The van der Waals surface area contributed by atoms with Gasteiger partial charge in [0.2, 0.25) is 0 Å². The number of hydrogen-bond acceptors (Lipinski definition) is 6. The molecule has 0 radical (unpaired) electrons. The van der Waals surface area contributed by atoms with Gasteiger partial charge in [-0.05, 0) is 18.7 Å². The lowest BCUT2D eigenvalue weighted by atomic mass is 10.2. The Bertz CT molecular complexity index is 540. The molecule has 19 heavy (non-hydrogen) atoms. The van der Waals surface area contributed by atoms with Crippen LogP contribution >= 0.6 is 0 Å². The molecule has 1 aromatic carbocycles. The van der Waals surface area contributed by atoms with Gasteiger partial charge in [0.25, 0.3) is 6.01 Å². The maximum absolute atomic E-state index is 5.47. The first-order valence-corrected chi connectivity index (χ1v) is 5.90. The lowest BCUT2D eigenvalue weighted by molar-refractivity contribution is 0.404. The summed E-state index contributed by atoms with van der Waals surface area (Å²) in [5.41, 5.74) is 7.00. The maximum atomic E-state index is 5.47. The van der Waals surface area contributed by atoms with Crippen molar-refractivity contribution in [3.8, 4) is 11.5 Å². The van der Waals surface area contributed by atoms with Crippen molar-refractivity contribution in [1.82, 2.24) is 4.98 Å². The van der Waals surface area contributed by atoms with Crippen LogP contribution < -0.4 is 20.5 Å². The van der Waals surface area contributed by atoms with Crippen LogP contribution in [-0.4, -0.2) is 25.7 Å². The molecule has 0 saturated heterocycles. The number of nitrogens with one attached hydrogen (secondary N) is 1. The minimum atomic E-state index is 0.398. The van der Waals surface area contributed by atoms with Crippen LogP contribution in [0.2, 0.25) is 0 Å². The summed E-state index contributed by atoms with van der Waals surface area (Å²) in [6, 6.07) is 5.84. The Kier molecular flexibility index (Phi) is 4.25. The van der Waals surface area contributed by atoms with Crippen molar-refractivity contribution < 1.29 is 13.9 Å². The van der Waals surface area contributed by atoms with Crippen LogP contribution in [0.15, 0.2) is 28.9 Å². The summed E-state index contributed by atoms with van der Waals surface area (Å²) in [5.74, 6) is 1.40. The van der Waals surface area contributed by atoms with Crippen molar-refractivity contribution in [3.05, 3.63) is 30.2 Å². The highest BCUT2D eigenvalue weighted by Crippen LogP contribution is 2.31. The highest BCUT2D eigenvalue weighted by Gasteiger charge is 2.09. The van der Waals surface area contributed by atoms with Crippen molar-refractivity contribution in [2.24, 2.45) is 5.73 Å². The van der Waals surface area contributed by atoms with Gasteiger partial charge in [-0.15, -0.1) is 0 Å². The molecule has 102 valence electrons. The molecule has 0 fully saturated rings. The average Bonchev–Trinajstić information content (AvgIpc) is 2.86. The molecule has 0 amide bonds. The van der Waals surface area contributed by atoms with Crippen LogP contribution in [0.5, 0.6) is 11.5 Å². The van der Waals surface area contributed by atoms with Gasteiger partial charge >= 0.3 is 0 Å². The minimum absolute atomic E-state index is 0.398. The monoisotopic (exact) mass is 263 g/mol. The molecule has 0 aliphatic carbocycles. The summed E-state index contributed by atoms with van der Waals surface area (Å²) in [5, 5.41) is 3.05. The van der Waals surface area contributed by atoms with Crippen LogP contribution in [0.25, 0.3) is 0 Å². The average molecular weight is 263 g/mol. The Morgan fingerprint density at radius 2 is 2.16 bits per heavy atom. The van der Waals surface area contributed by atoms with E-state index in [0.717, 1.165) is 17.1 Å². The standard InChI is InChI=1S/C13H17N3O3/c1-17-10-3-4-12(18-2)11(7-10)16-13-15-9(5-6-14)8-19-13/h3-4,7-8H,5-6,14H2,1-2H3,(H,15,16). The Balaban J connectivity index is 2.20. The van der Waals surface area contributed by atoms with Crippen molar-refractivity contribution in [2.45, 2.75) is 6.42 Å². The SMILES string of the molecule is COc1ccc(OC)c(Nc2nc(CCN)co2)c1. The number of aromatic nitrogens is 1. The van der Waals surface area contributed by atoms with Crippen molar-refractivity contribution >= 4 is 11.7 Å². The number of nitrogens with two attached hydrogens (primary N) is 1. The first-order valence-electron chi connectivity index (χ1n) is 5.90. The van der Waals surface area contributed by atoms with Gasteiger partial charge in [-0.2, -0.15) is 4.98 Å². The van der Waals surface area contributed by atoms with Crippen LogP contribution in [0.4, 0.5) is 11.7 Å². The fourth-order valence-corrected chi connectivity index (χ4v) is 1.65. The van der Waals surface area contributed by atoms with E-state index >= 15 is 0 Å². The molecule has 1 heterocycles. The molecule has 0 spiro atoms. The van der Waals surface area contributed by atoms with Crippen LogP contribution in [0.1, 0.15) is 5.69 Å². The van der Waals surface area contributed by atoms with Crippen molar-refractivity contribution in [3.63, 3.8) is 0 Å². The largest absolute Gasteiger partial charge is 0.497 e. The van der Waals surface area contributed by atoms with Crippen molar-refractivity contribution in [2.75, 3.05) is 26.1 Å². The first kappa shape index (κ1) is 13.2. The van der Waals surface area contributed by atoms with E-state index in [9.17, 15) is 0 Å². The quantitative estimate of drug-likeness (QED) is 0.828. The molecule has 3 N–H and O–H groups in total. The number of hydrogen-bond donors (Lipinski definition) is 2. The lowest BCUT2D eigenvalue weighted by Crippen LogP contribution is -2.03. The zero-order valence-corrected chi connectivity index (χ0v) is 11.0. The van der Waals surface area contributed by atoms with Crippen LogP contribution in [0, 0.1) is 0 Å². The Morgan fingerprint density at radius 1 is 1.32 bits per heavy atom. The second-order valence-corrected chi connectivity index (χ2v) is 3.87. The number of anilines is 2. The third-order valence-electron chi connectivity index (χ3n) is 2.60. The lowest BCUT2D eigenvalue weighted by Gasteiger charge is -2.10. The molecule has 6 heteroatoms. The van der Waals surface area contributed by atoms with E-state index in [1.54, 1.807) is 20.5 Å². The minimum Gasteiger partial charge on any atom is -0.497 e. The normalized spacial score (nSPS) is 10.3. The Hall–Kier alpha value is -2.21. The smallest absolute Gasteiger partial charge is 0.299 e. The topological polar surface area (TPSA) is 82.5 Å². The number of methoxy groups -OCH3 is 2. The summed E-state index contributed by atoms with van der Waals surface area (Å²) in [6.07, 6.45) is 2.27. The van der Waals surface area contributed by atoms with Gasteiger partial charge in [0.1, 0.15) is 17.8 Å². The van der Waals surface area contributed by atoms with Gasteiger partial charge in [0.05, 0.1) is 25.6 Å². The Labute approximate surface area is 111 Å². The molecule has 6 nitrogen and oxygen atoms in total. The van der Waals surface area contributed by atoms with E-state index in [0.29, 0.717) is 24.7 Å². The van der Waals surface area contributed by atoms with Crippen LogP contribution in [-0.2, 0) is 6.42 Å². The molecule has 0 aliphatic heterocycles. The third kappa shape index (κ3) is 3.17. The molecule has 2 aromatic rings. The molecule has 0 saturated carbocycles.